The van der Waals surface area contributed by atoms with Crippen LogP contribution >= 0.6 is 24.0 Å². The Morgan fingerprint density at radius 2 is 2.29 bits per heavy atom. The molecule has 0 aromatic heterocycles. The Morgan fingerprint density at radius 3 is 2.29 bits per heavy atom. The summed E-state index contributed by atoms with van der Waals surface area (Å²) >= 11 is 6.03. The van der Waals surface area contributed by atoms with Crippen molar-refractivity contribution in [2.45, 2.75) is 6.92 Å². The molecule has 0 amide bonds. The van der Waals surface area contributed by atoms with E-state index in [-0.39, 0.29) is 29.6 Å². The van der Waals surface area contributed by atoms with Crippen LogP contribution in [0.15, 0.2) is 0 Å². The summed E-state index contributed by atoms with van der Waals surface area (Å²) in [5.74, 6) is 0.981. The first-order chi connectivity index (χ1) is 2.77. The Balaban J connectivity index is 0. The molecule has 0 aliphatic carbocycles. The molecular weight excluding hydrogens is 137 g/mol. The summed E-state index contributed by atoms with van der Waals surface area (Å²) in [5.41, 5.74) is 5.10. The molecule has 0 aliphatic rings. The molecule has 0 fully saturated rings. The molecule has 4 heteroatoms. The van der Waals surface area contributed by atoms with Crippen LogP contribution in [0, 0.1) is 0 Å². The number of hydrogen-bond donors (Lipinski definition) is 1. The quantitative estimate of drug-likeness (QED) is 0.425. The summed E-state index contributed by atoms with van der Waals surface area (Å²) in [4.78, 5) is 0. The average molecular weight is 145 g/mol. The summed E-state index contributed by atoms with van der Waals surface area (Å²) in [6, 6.07) is 0. The van der Waals surface area contributed by atoms with Crippen molar-refractivity contribution in [1.82, 2.24) is 0 Å². The molecule has 0 atom stereocenters. The molecule has 0 unspecified atom stereocenters. The predicted octanol–water partition coefficient (Wildman–Crippen LogP) is 0.335. The predicted molar refractivity (Wildman–Crippen MR) is 42.1 cm³/mol. The van der Waals surface area contributed by atoms with E-state index in [1.165, 1.54) is 11.8 Å². The van der Waals surface area contributed by atoms with Gasteiger partial charge in [0.25, 0.3) is 0 Å². The van der Waals surface area contributed by atoms with Gasteiger partial charge in [0, 0.05) is 0 Å². The van der Waals surface area contributed by atoms with Crippen LogP contribution in [-0.4, -0.2) is 39.6 Å². The molecule has 0 saturated heterocycles. The zero-order chi connectivity index (χ0) is 4.99. The number of nitrogens with two attached hydrogens (primary N) is 1. The molecule has 0 aromatic rings. The van der Waals surface area contributed by atoms with E-state index >= 15 is 0 Å². The van der Waals surface area contributed by atoms with Crippen LogP contribution in [0.5, 0.6) is 0 Å². The van der Waals surface area contributed by atoms with Gasteiger partial charge in [0.1, 0.15) is 4.32 Å². The molecule has 7 heavy (non-hydrogen) atoms. The van der Waals surface area contributed by atoms with Gasteiger partial charge < -0.3 is 5.73 Å². The van der Waals surface area contributed by atoms with Gasteiger partial charge in [0.2, 0.25) is 0 Å². The van der Waals surface area contributed by atoms with Crippen LogP contribution in [0.25, 0.3) is 0 Å². The van der Waals surface area contributed by atoms with Gasteiger partial charge >= 0.3 is 29.6 Å². The molecule has 0 radical (unpaired) electrons. The SMILES string of the molecule is CCSC(N)=S.[NaH]. The normalized spacial score (nSPS) is 7.00. The monoisotopic (exact) mass is 145 g/mol. The van der Waals surface area contributed by atoms with E-state index in [1.54, 1.807) is 0 Å². The fraction of sp³-hybridized carbons (Fsp3) is 0.667. The molecule has 0 saturated carbocycles. The second kappa shape index (κ2) is 7.24. The number of hydrogen-bond acceptors (Lipinski definition) is 2. The second-order valence-corrected chi connectivity index (χ2v) is 2.76. The molecule has 0 aliphatic heterocycles. The Morgan fingerprint density at radius 1 is 1.86 bits per heavy atom. The molecule has 38 valence electrons. The van der Waals surface area contributed by atoms with E-state index in [2.05, 4.69) is 12.2 Å². The summed E-state index contributed by atoms with van der Waals surface area (Å²) in [7, 11) is 0. The van der Waals surface area contributed by atoms with Crippen molar-refractivity contribution in [3.63, 3.8) is 0 Å². The van der Waals surface area contributed by atoms with Crippen molar-refractivity contribution >= 4 is 57.9 Å². The minimum atomic E-state index is 0. The van der Waals surface area contributed by atoms with Crippen molar-refractivity contribution in [2.75, 3.05) is 5.75 Å². The van der Waals surface area contributed by atoms with Crippen molar-refractivity contribution in [1.29, 1.82) is 0 Å². The van der Waals surface area contributed by atoms with E-state index in [9.17, 15) is 0 Å². The summed E-state index contributed by atoms with van der Waals surface area (Å²) in [5, 5.41) is 0. The molecule has 0 heterocycles. The van der Waals surface area contributed by atoms with Gasteiger partial charge in [-0.2, -0.15) is 0 Å². The maximum atomic E-state index is 5.10. The van der Waals surface area contributed by atoms with E-state index < -0.39 is 0 Å². The molecule has 1 nitrogen and oxygen atoms in total. The standard InChI is InChI=1S/C3H7NS2.Na.H/c1-2-6-3(4)5;;/h2H2,1H3,(H2,4,5);;. The fourth-order valence-electron chi connectivity index (χ4n) is 0.142. The van der Waals surface area contributed by atoms with E-state index in [0.717, 1.165) is 5.75 Å². The summed E-state index contributed by atoms with van der Waals surface area (Å²) < 4.78 is 0.539. The van der Waals surface area contributed by atoms with Gasteiger partial charge in [0.05, 0.1) is 0 Å². The van der Waals surface area contributed by atoms with Crippen LogP contribution in [0.4, 0.5) is 0 Å². The molecule has 2 N–H and O–H groups in total. The third-order valence-corrected chi connectivity index (χ3v) is 1.21. The van der Waals surface area contributed by atoms with E-state index in [0.29, 0.717) is 4.32 Å². The maximum absolute atomic E-state index is 5.10. The van der Waals surface area contributed by atoms with Crippen LogP contribution in [0.3, 0.4) is 0 Å². The van der Waals surface area contributed by atoms with Gasteiger partial charge in [-0.15, -0.1) is 0 Å². The molecule has 0 spiro atoms. The Labute approximate surface area is 75.7 Å². The van der Waals surface area contributed by atoms with E-state index in [1.807, 2.05) is 6.92 Å². The first-order valence-electron chi connectivity index (χ1n) is 1.69. The fourth-order valence-corrected chi connectivity index (χ4v) is 0.780. The van der Waals surface area contributed by atoms with Crippen LogP contribution < -0.4 is 5.73 Å². The van der Waals surface area contributed by atoms with Gasteiger partial charge in [-0.05, 0) is 5.75 Å². The van der Waals surface area contributed by atoms with Crippen molar-refractivity contribution in [2.24, 2.45) is 5.73 Å². The molecule has 0 bridgehead atoms. The van der Waals surface area contributed by atoms with Crippen LogP contribution in [-0.2, 0) is 0 Å². The third kappa shape index (κ3) is 11.1. The van der Waals surface area contributed by atoms with Gasteiger partial charge in [-0.25, -0.2) is 0 Å². The Bertz CT molecular complexity index is 56.9. The summed E-state index contributed by atoms with van der Waals surface area (Å²) in [6.07, 6.45) is 0. The second-order valence-electron chi connectivity index (χ2n) is 0.752. The number of thioether (sulfide) groups is 1. The minimum absolute atomic E-state index is 0. The molecule has 0 aromatic carbocycles. The average Bonchev–Trinajstić information content (AvgIpc) is 1.35. The zero-order valence-electron chi connectivity index (χ0n) is 3.60. The topological polar surface area (TPSA) is 26.0 Å². The first kappa shape index (κ1) is 11.1. The summed E-state index contributed by atoms with van der Waals surface area (Å²) in [6.45, 7) is 2.02. The van der Waals surface area contributed by atoms with Crippen LogP contribution in [0.2, 0.25) is 0 Å². The molecule has 0 rings (SSSR count). The zero-order valence-corrected chi connectivity index (χ0v) is 5.23. The van der Waals surface area contributed by atoms with Crippen LogP contribution in [0.1, 0.15) is 6.92 Å². The Kier molecular flexibility index (Phi) is 11.5. The van der Waals surface area contributed by atoms with Gasteiger partial charge in [-0.1, -0.05) is 30.9 Å². The number of rotatable bonds is 1. The van der Waals surface area contributed by atoms with Crippen molar-refractivity contribution < 1.29 is 0 Å². The first-order valence-corrected chi connectivity index (χ1v) is 3.09. The number of thiocarbonyl (C=S) groups is 1. The van der Waals surface area contributed by atoms with Crippen molar-refractivity contribution in [3.05, 3.63) is 0 Å². The van der Waals surface area contributed by atoms with Gasteiger partial charge in [0.15, 0.2) is 0 Å². The van der Waals surface area contributed by atoms with Crippen molar-refractivity contribution in [3.8, 4) is 0 Å². The van der Waals surface area contributed by atoms with Gasteiger partial charge in [-0.3, -0.25) is 0 Å². The molecular formula is C3H8NNaS2. The Hall–Kier alpha value is 1.24. The van der Waals surface area contributed by atoms with E-state index in [4.69, 9.17) is 5.73 Å². The third-order valence-electron chi connectivity index (χ3n) is 0.287.